The molecule has 6 nitrogen and oxygen atoms in total. The lowest BCUT2D eigenvalue weighted by Crippen LogP contribution is -2.04. The number of ether oxygens (including phenoxy) is 3. The van der Waals surface area contributed by atoms with Crippen LogP contribution in [-0.4, -0.2) is 23.0 Å². The van der Waals surface area contributed by atoms with E-state index in [1.165, 1.54) is 6.08 Å². The summed E-state index contributed by atoms with van der Waals surface area (Å²) in [6.07, 6.45) is 8.16. The second-order valence-corrected chi connectivity index (χ2v) is 6.65. The van der Waals surface area contributed by atoms with Gasteiger partial charge in [0.05, 0.1) is 12.8 Å². The van der Waals surface area contributed by atoms with Crippen molar-refractivity contribution < 1.29 is 19.0 Å². The third kappa shape index (κ3) is 5.25. The first-order valence-electron chi connectivity index (χ1n) is 9.66. The van der Waals surface area contributed by atoms with Crippen molar-refractivity contribution in [3.05, 3.63) is 96.6 Å². The van der Waals surface area contributed by atoms with Gasteiger partial charge in [-0.05, 0) is 60.0 Å². The van der Waals surface area contributed by atoms with E-state index in [4.69, 9.17) is 14.2 Å². The normalized spacial score (nSPS) is 10.9. The van der Waals surface area contributed by atoms with Gasteiger partial charge in [-0.15, -0.1) is 0 Å². The average molecular weight is 412 g/mol. The Hall–Kier alpha value is -4.19. The predicted molar refractivity (Wildman–Crippen MR) is 118 cm³/mol. The average Bonchev–Trinajstić information content (AvgIpc) is 2.82. The van der Waals surface area contributed by atoms with E-state index < -0.39 is 5.97 Å². The van der Waals surface area contributed by atoms with Crippen LogP contribution in [0.2, 0.25) is 0 Å². The van der Waals surface area contributed by atoms with Gasteiger partial charge in [0, 0.05) is 35.6 Å². The topological polar surface area (TPSA) is 70.5 Å². The zero-order chi connectivity index (χ0) is 21.5. The monoisotopic (exact) mass is 412 g/mol. The summed E-state index contributed by atoms with van der Waals surface area (Å²) in [6, 6.07) is 18.3. The lowest BCUT2D eigenvalue weighted by molar-refractivity contribution is -0.128. The van der Waals surface area contributed by atoms with Crippen LogP contribution in [0.15, 0.2) is 85.3 Å². The fourth-order valence-corrected chi connectivity index (χ4v) is 2.98. The van der Waals surface area contributed by atoms with Gasteiger partial charge in [-0.3, -0.25) is 9.97 Å². The van der Waals surface area contributed by atoms with Crippen molar-refractivity contribution in [1.82, 2.24) is 9.97 Å². The van der Waals surface area contributed by atoms with E-state index in [-0.39, 0.29) is 0 Å². The van der Waals surface area contributed by atoms with E-state index in [0.29, 0.717) is 29.4 Å². The van der Waals surface area contributed by atoms with Crippen molar-refractivity contribution in [3.63, 3.8) is 0 Å². The van der Waals surface area contributed by atoms with Gasteiger partial charge in [0.1, 0.15) is 23.9 Å². The minimum atomic E-state index is -0.498. The molecule has 0 aliphatic rings. The van der Waals surface area contributed by atoms with Crippen LogP contribution >= 0.6 is 0 Å². The van der Waals surface area contributed by atoms with Crippen LogP contribution in [0.4, 0.5) is 0 Å². The number of hydrogen-bond donors (Lipinski definition) is 0. The molecule has 0 atom stereocenters. The first-order valence-corrected chi connectivity index (χ1v) is 9.66. The Bertz CT molecular complexity index is 1220. The molecule has 0 spiro atoms. The molecule has 6 heteroatoms. The molecule has 2 aromatic carbocycles. The number of rotatable bonds is 7. The maximum atomic E-state index is 12.4. The Kier molecular flexibility index (Phi) is 6.18. The maximum absolute atomic E-state index is 12.4. The van der Waals surface area contributed by atoms with E-state index in [1.54, 1.807) is 62.1 Å². The van der Waals surface area contributed by atoms with Crippen molar-refractivity contribution >= 4 is 22.8 Å². The van der Waals surface area contributed by atoms with Crippen LogP contribution in [0, 0.1) is 0 Å². The largest absolute Gasteiger partial charge is 0.497 e. The summed E-state index contributed by atoms with van der Waals surface area (Å²) in [6.45, 7) is 0.309. The van der Waals surface area contributed by atoms with Crippen LogP contribution in [-0.2, 0) is 11.4 Å². The number of methoxy groups -OCH3 is 1. The molecule has 4 rings (SSSR count). The highest BCUT2D eigenvalue weighted by Gasteiger charge is 2.07. The van der Waals surface area contributed by atoms with E-state index in [0.717, 1.165) is 16.5 Å². The molecule has 0 saturated carbocycles. The fraction of sp³-hybridized carbons (Fsp3) is 0.0800. The number of aromatic nitrogens is 2. The van der Waals surface area contributed by atoms with Crippen molar-refractivity contribution in [3.8, 4) is 17.2 Å². The highest BCUT2D eigenvalue weighted by molar-refractivity contribution is 5.90. The standard InChI is InChI=1S/C25H20N2O4/c1-29-22-8-9-24(30-17-21-4-2-3-12-27-21)19(14-22)6-10-25(28)31-23-7-5-18-11-13-26-16-20(18)15-23/h2-16H,17H2,1H3/b10-6+. The Morgan fingerprint density at radius 3 is 2.71 bits per heavy atom. The predicted octanol–water partition coefficient (Wildman–Crippen LogP) is 4.84. The lowest BCUT2D eigenvalue weighted by Gasteiger charge is -2.10. The van der Waals surface area contributed by atoms with Crippen LogP contribution in [0.3, 0.4) is 0 Å². The van der Waals surface area contributed by atoms with Crippen LogP contribution in [0.5, 0.6) is 17.2 Å². The van der Waals surface area contributed by atoms with Crippen LogP contribution in [0.25, 0.3) is 16.8 Å². The van der Waals surface area contributed by atoms with Gasteiger partial charge in [-0.1, -0.05) is 12.1 Å². The van der Waals surface area contributed by atoms with Crippen molar-refractivity contribution in [1.29, 1.82) is 0 Å². The molecule has 0 saturated heterocycles. The smallest absolute Gasteiger partial charge is 0.336 e. The summed E-state index contributed by atoms with van der Waals surface area (Å²) in [5.74, 6) is 1.21. The molecule has 0 fully saturated rings. The van der Waals surface area contributed by atoms with Gasteiger partial charge in [0.25, 0.3) is 0 Å². The molecular weight excluding hydrogens is 392 g/mol. The van der Waals surface area contributed by atoms with Crippen LogP contribution < -0.4 is 14.2 Å². The maximum Gasteiger partial charge on any atom is 0.336 e. The van der Waals surface area contributed by atoms with Crippen molar-refractivity contribution in [2.45, 2.75) is 6.61 Å². The molecule has 4 aromatic rings. The lowest BCUT2D eigenvalue weighted by atomic mass is 10.1. The van der Waals surface area contributed by atoms with Gasteiger partial charge >= 0.3 is 5.97 Å². The molecule has 31 heavy (non-hydrogen) atoms. The molecule has 0 aliphatic heterocycles. The Balaban J connectivity index is 1.48. The molecule has 0 unspecified atom stereocenters. The number of nitrogens with zero attached hydrogens (tertiary/aromatic N) is 2. The summed E-state index contributed by atoms with van der Waals surface area (Å²) in [4.78, 5) is 20.7. The zero-order valence-electron chi connectivity index (χ0n) is 16.9. The molecule has 0 bridgehead atoms. The second-order valence-electron chi connectivity index (χ2n) is 6.65. The summed E-state index contributed by atoms with van der Waals surface area (Å²) in [5, 5.41) is 1.92. The molecule has 0 N–H and O–H groups in total. The number of pyridine rings is 2. The minimum Gasteiger partial charge on any atom is -0.497 e. The molecule has 0 radical (unpaired) electrons. The highest BCUT2D eigenvalue weighted by atomic mass is 16.5. The minimum absolute atomic E-state index is 0.309. The summed E-state index contributed by atoms with van der Waals surface area (Å²) < 4.78 is 16.6. The Morgan fingerprint density at radius 2 is 1.87 bits per heavy atom. The first-order chi connectivity index (χ1) is 15.2. The van der Waals surface area contributed by atoms with Crippen molar-refractivity contribution in [2.75, 3.05) is 7.11 Å². The first kappa shape index (κ1) is 20.1. The molecule has 0 aliphatic carbocycles. The molecule has 2 aromatic heterocycles. The van der Waals surface area contributed by atoms with E-state index in [9.17, 15) is 4.79 Å². The van der Waals surface area contributed by atoms with E-state index in [1.807, 2.05) is 30.3 Å². The Labute approximate surface area is 179 Å². The van der Waals surface area contributed by atoms with Gasteiger partial charge < -0.3 is 14.2 Å². The molecule has 154 valence electrons. The van der Waals surface area contributed by atoms with Crippen molar-refractivity contribution in [2.24, 2.45) is 0 Å². The SMILES string of the molecule is COc1ccc(OCc2ccccn2)c(/C=C/C(=O)Oc2ccc3ccncc3c2)c1. The van der Waals surface area contributed by atoms with Gasteiger partial charge in [-0.2, -0.15) is 0 Å². The van der Waals surface area contributed by atoms with Gasteiger partial charge in [0.15, 0.2) is 0 Å². The molecule has 2 heterocycles. The number of benzene rings is 2. The quantitative estimate of drug-likeness (QED) is 0.246. The van der Waals surface area contributed by atoms with Crippen LogP contribution in [0.1, 0.15) is 11.3 Å². The number of carbonyl (C=O) groups is 1. The third-order valence-corrected chi connectivity index (χ3v) is 4.55. The number of esters is 1. The molecular formula is C25H20N2O4. The molecule has 0 amide bonds. The number of carbonyl (C=O) groups excluding carboxylic acids is 1. The highest BCUT2D eigenvalue weighted by Crippen LogP contribution is 2.26. The number of fused-ring (bicyclic) bond motifs is 1. The van der Waals surface area contributed by atoms with Gasteiger partial charge in [-0.25, -0.2) is 4.79 Å². The van der Waals surface area contributed by atoms with E-state index in [2.05, 4.69) is 9.97 Å². The van der Waals surface area contributed by atoms with Gasteiger partial charge in [0.2, 0.25) is 0 Å². The zero-order valence-corrected chi connectivity index (χ0v) is 16.9. The second kappa shape index (κ2) is 9.54. The summed E-state index contributed by atoms with van der Waals surface area (Å²) in [5.41, 5.74) is 1.49. The fourth-order valence-electron chi connectivity index (χ4n) is 2.98. The third-order valence-electron chi connectivity index (χ3n) is 4.55. The Morgan fingerprint density at radius 1 is 0.968 bits per heavy atom. The van der Waals surface area contributed by atoms with E-state index >= 15 is 0 Å². The number of hydrogen-bond acceptors (Lipinski definition) is 6. The summed E-state index contributed by atoms with van der Waals surface area (Å²) in [7, 11) is 1.58. The summed E-state index contributed by atoms with van der Waals surface area (Å²) >= 11 is 0.